The summed E-state index contributed by atoms with van der Waals surface area (Å²) in [7, 11) is 1.60. The molecule has 15 heavy (non-hydrogen) atoms. The first-order chi connectivity index (χ1) is 7.15. The molecule has 0 bridgehead atoms. The van der Waals surface area contributed by atoms with Gasteiger partial charge in [0.15, 0.2) is 0 Å². The summed E-state index contributed by atoms with van der Waals surface area (Å²) in [6.07, 6.45) is 0. The van der Waals surface area contributed by atoms with E-state index in [4.69, 9.17) is 10.5 Å². The second-order valence-corrected chi connectivity index (χ2v) is 3.32. The van der Waals surface area contributed by atoms with Crippen molar-refractivity contribution in [1.82, 2.24) is 5.32 Å². The lowest BCUT2D eigenvalue weighted by molar-refractivity contribution is -0.122. The smallest absolute Gasteiger partial charge is 0.236 e. The van der Waals surface area contributed by atoms with Crippen molar-refractivity contribution < 1.29 is 9.53 Å². The minimum absolute atomic E-state index is 0.166. The van der Waals surface area contributed by atoms with Crippen LogP contribution in [0, 0.1) is 0 Å². The highest BCUT2D eigenvalue weighted by atomic mass is 16.5. The van der Waals surface area contributed by atoms with Crippen molar-refractivity contribution in [1.29, 1.82) is 0 Å². The molecule has 0 saturated carbocycles. The second kappa shape index (κ2) is 5.36. The fraction of sp³-hybridized carbons (Fsp3) is 0.364. The predicted molar refractivity (Wildman–Crippen MR) is 58.5 cm³/mol. The maximum absolute atomic E-state index is 11.2. The largest absolute Gasteiger partial charge is 0.496 e. The molecule has 1 aromatic carbocycles. The Morgan fingerprint density at radius 1 is 1.53 bits per heavy atom. The van der Waals surface area contributed by atoms with E-state index in [1.807, 2.05) is 24.3 Å². The van der Waals surface area contributed by atoms with Gasteiger partial charge in [0.1, 0.15) is 5.75 Å². The van der Waals surface area contributed by atoms with Gasteiger partial charge in [-0.25, -0.2) is 0 Å². The Balaban J connectivity index is 2.61. The van der Waals surface area contributed by atoms with Crippen LogP contribution in [0.4, 0.5) is 0 Å². The fourth-order valence-electron chi connectivity index (χ4n) is 1.19. The zero-order chi connectivity index (χ0) is 11.3. The second-order valence-electron chi connectivity index (χ2n) is 3.32. The standard InChI is InChI=1S/C11H16N2O2/c1-8(12)11(14)13-7-9-5-3-4-6-10(9)15-2/h3-6,8H,7,12H2,1-2H3,(H,13,14). The van der Waals surface area contributed by atoms with Crippen molar-refractivity contribution in [3.05, 3.63) is 29.8 Å². The van der Waals surface area contributed by atoms with Crippen molar-refractivity contribution in [2.75, 3.05) is 7.11 Å². The maximum atomic E-state index is 11.2. The predicted octanol–water partition coefficient (Wildman–Crippen LogP) is 0.659. The van der Waals surface area contributed by atoms with E-state index in [0.717, 1.165) is 11.3 Å². The lowest BCUT2D eigenvalue weighted by Crippen LogP contribution is -2.37. The Morgan fingerprint density at radius 2 is 2.20 bits per heavy atom. The van der Waals surface area contributed by atoms with Crippen molar-refractivity contribution in [3.63, 3.8) is 0 Å². The van der Waals surface area contributed by atoms with Crippen LogP contribution in [0.1, 0.15) is 12.5 Å². The Labute approximate surface area is 89.4 Å². The first-order valence-electron chi connectivity index (χ1n) is 4.80. The van der Waals surface area contributed by atoms with Gasteiger partial charge in [-0.15, -0.1) is 0 Å². The van der Waals surface area contributed by atoms with Crippen molar-refractivity contribution in [2.24, 2.45) is 5.73 Å². The Bertz CT molecular complexity index is 337. The third-order valence-electron chi connectivity index (χ3n) is 2.06. The number of hydrogen-bond acceptors (Lipinski definition) is 3. The van der Waals surface area contributed by atoms with Gasteiger partial charge < -0.3 is 15.8 Å². The molecule has 0 fully saturated rings. The molecule has 0 spiro atoms. The molecule has 4 nitrogen and oxygen atoms in total. The SMILES string of the molecule is COc1ccccc1CNC(=O)C(C)N. The van der Waals surface area contributed by atoms with Gasteiger partial charge in [-0.3, -0.25) is 4.79 Å². The van der Waals surface area contributed by atoms with Gasteiger partial charge in [-0.1, -0.05) is 18.2 Å². The first-order valence-corrected chi connectivity index (χ1v) is 4.80. The molecule has 0 aromatic heterocycles. The third-order valence-corrected chi connectivity index (χ3v) is 2.06. The first kappa shape index (κ1) is 11.5. The molecule has 0 saturated heterocycles. The minimum Gasteiger partial charge on any atom is -0.496 e. The third kappa shape index (κ3) is 3.25. The topological polar surface area (TPSA) is 64.3 Å². The molecule has 0 heterocycles. The van der Waals surface area contributed by atoms with E-state index in [9.17, 15) is 4.79 Å². The van der Waals surface area contributed by atoms with E-state index in [2.05, 4.69) is 5.32 Å². The molecule has 1 unspecified atom stereocenters. The van der Waals surface area contributed by atoms with Crippen LogP contribution in [-0.2, 0) is 11.3 Å². The van der Waals surface area contributed by atoms with Gasteiger partial charge in [0.05, 0.1) is 13.2 Å². The number of nitrogens with two attached hydrogens (primary N) is 1. The van der Waals surface area contributed by atoms with Gasteiger partial charge in [0.25, 0.3) is 0 Å². The molecule has 1 amide bonds. The number of ether oxygens (including phenoxy) is 1. The molecule has 3 N–H and O–H groups in total. The normalized spacial score (nSPS) is 11.9. The minimum atomic E-state index is -0.486. The molecule has 0 radical (unpaired) electrons. The average Bonchev–Trinajstić information content (AvgIpc) is 2.26. The number of nitrogens with one attached hydrogen (secondary N) is 1. The summed E-state index contributed by atoms with van der Waals surface area (Å²) in [4.78, 5) is 11.2. The van der Waals surface area contributed by atoms with Crippen molar-refractivity contribution in [2.45, 2.75) is 19.5 Å². The molecule has 1 rings (SSSR count). The molecule has 82 valence electrons. The van der Waals surface area contributed by atoms with Crippen LogP contribution < -0.4 is 15.8 Å². The maximum Gasteiger partial charge on any atom is 0.236 e. The van der Waals surface area contributed by atoms with Crippen molar-refractivity contribution >= 4 is 5.91 Å². The summed E-state index contributed by atoms with van der Waals surface area (Å²) >= 11 is 0. The molecular formula is C11H16N2O2. The number of methoxy groups -OCH3 is 1. The van der Waals surface area contributed by atoms with Crippen LogP contribution >= 0.6 is 0 Å². The highest BCUT2D eigenvalue weighted by Gasteiger charge is 2.07. The number of rotatable bonds is 4. The number of hydrogen-bond donors (Lipinski definition) is 2. The van der Waals surface area contributed by atoms with E-state index in [-0.39, 0.29) is 5.91 Å². The van der Waals surface area contributed by atoms with Crippen LogP contribution in [0.15, 0.2) is 24.3 Å². The average molecular weight is 208 g/mol. The Hall–Kier alpha value is -1.55. The van der Waals surface area contributed by atoms with E-state index in [0.29, 0.717) is 6.54 Å². The summed E-state index contributed by atoms with van der Waals surface area (Å²) in [5.74, 6) is 0.600. The summed E-state index contributed by atoms with van der Waals surface area (Å²) < 4.78 is 5.16. The van der Waals surface area contributed by atoms with Gasteiger partial charge in [-0.2, -0.15) is 0 Å². The summed E-state index contributed by atoms with van der Waals surface area (Å²) in [5, 5.41) is 2.73. The van der Waals surface area contributed by atoms with E-state index >= 15 is 0 Å². The molecule has 0 aliphatic rings. The number of carbonyl (C=O) groups is 1. The Morgan fingerprint density at radius 3 is 2.80 bits per heavy atom. The van der Waals surface area contributed by atoms with Crippen LogP contribution in [-0.4, -0.2) is 19.1 Å². The molecular weight excluding hydrogens is 192 g/mol. The van der Waals surface area contributed by atoms with Crippen LogP contribution in [0.25, 0.3) is 0 Å². The quantitative estimate of drug-likeness (QED) is 0.764. The van der Waals surface area contributed by atoms with Gasteiger partial charge >= 0.3 is 0 Å². The van der Waals surface area contributed by atoms with Crippen LogP contribution in [0.3, 0.4) is 0 Å². The zero-order valence-electron chi connectivity index (χ0n) is 8.99. The van der Waals surface area contributed by atoms with Crippen LogP contribution in [0.2, 0.25) is 0 Å². The van der Waals surface area contributed by atoms with E-state index < -0.39 is 6.04 Å². The molecule has 1 atom stereocenters. The van der Waals surface area contributed by atoms with Gasteiger partial charge in [-0.05, 0) is 13.0 Å². The number of carbonyl (C=O) groups excluding carboxylic acids is 1. The zero-order valence-corrected chi connectivity index (χ0v) is 8.99. The lowest BCUT2D eigenvalue weighted by atomic mass is 10.2. The van der Waals surface area contributed by atoms with E-state index in [1.54, 1.807) is 14.0 Å². The number of benzene rings is 1. The lowest BCUT2D eigenvalue weighted by Gasteiger charge is -2.10. The number of amides is 1. The summed E-state index contributed by atoms with van der Waals surface area (Å²) in [6.45, 7) is 2.09. The van der Waals surface area contributed by atoms with Crippen molar-refractivity contribution in [3.8, 4) is 5.75 Å². The van der Waals surface area contributed by atoms with Gasteiger partial charge in [0.2, 0.25) is 5.91 Å². The van der Waals surface area contributed by atoms with Crippen LogP contribution in [0.5, 0.6) is 5.75 Å². The number of para-hydroxylation sites is 1. The molecule has 1 aromatic rings. The highest BCUT2D eigenvalue weighted by Crippen LogP contribution is 2.16. The molecule has 0 aliphatic carbocycles. The summed E-state index contributed by atoms with van der Waals surface area (Å²) in [6, 6.07) is 7.05. The molecule has 0 aliphatic heterocycles. The Kier molecular flexibility index (Phi) is 4.12. The fourth-order valence-corrected chi connectivity index (χ4v) is 1.19. The monoisotopic (exact) mass is 208 g/mol. The van der Waals surface area contributed by atoms with E-state index in [1.165, 1.54) is 0 Å². The van der Waals surface area contributed by atoms with Gasteiger partial charge in [0, 0.05) is 12.1 Å². The highest BCUT2D eigenvalue weighted by molar-refractivity contribution is 5.80. The molecule has 4 heteroatoms. The summed E-state index contributed by atoms with van der Waals surface area (Å²) in [5.41, 5.74) is 6.37.